The van der Waals surface area contributed by atoms with Gasteiger partial charge in [0.2, 0.25) is 0 Å². The van der Waals surface area contributed by atoms with Crippen molar-refractivity contribution in [3.8, 4) is 11.5 Å². The molecular formula is C16H18ClNO2. The number of halogens is 1. The quantitative estimate of drug-likeness (QED) is 0.880. The molecule has 0 aliphatic carbocycles. The number of hydrogen-bond donors (Lipinski definition) is 1. The van der Waals surface area contributed by atoms with Crippen LogP contribution < -0.4 is 15.2 Å². The van der Waals surface area contributed by atoms with Gasteiger partial charge in [-0.1, -0.05) is 29.8 Å². The summed E-state index contributed by atoms with van der Waals surface area (Å²) >= 11 is 5.89. The summed E-state index contributed by atoms with van der Waals surface area (Å²) in [6.45, 7) is 2.96. The third kappa shape index (κ3) is 3.89. The van der Waals surface area contributed by atoms with Gasteiger partial charge in [0.15, 0.2) is 0 Å². The van der Waals surface area contributed by atoms with Crippen LogP contribution in [0.4, 0.5) is 0 Å². The third-order valence-corrected chi connectivity index (χ3v) is 3.10. The minimum atomic E-state index is -0.204. The highest BCUT2D eigenvalue weighted by Crippen LogP contribution is 2.25. The van der Waals surface area contributed by atoms with E-state index in [0.29, 0.717) is 18.2 Å². The summed E-state index contributed by atoms with van der Waals surface area (Å²) in [7, 11) is 0. The van der Waals surface area contributed by atoms with E-state index < -0.39 is 0 Å². The van der Waals surface area contributed by atoms with E-state index >= 15 is 0 Å². The van der Waals surface area contributed by atoms with Crippen LogP contribution in [0.3, 0.4) is 0 Å². The first kappa shape index (κ1) is 14.7. The number of benzene rings is 2. The molecule has 2 aromatic carbocycles. The molecule has 0 heterocycles. The van der Waals surface area contributed by atoms with Gasteiger partial charge in [-0.2, -0.15) is 0 Å². The summed E-state index contributed by atoms with van der Waals surface area (Å²) in [6.07, 6.45) is -0.204. The van der Waals surface area contributed by atoms with E-state index in [0.717, 1.165) is 17.1 Å². The molecule has 0 saturated heterocycles. The fourth-order valence-electron chi connectivity index (χ4n) is 1.90. The zero-order chi connectivity index (χ0) is 14.4. The molecule has 0 aliphatic rings. The lowest BCUT2D eigenvalue weighted by Crippen LogP contribution is -2.18. The van der Waals surface area contributed by atoms with Crippen LogP contribution in [0.5, 0.6) is 11.5 Å². The van der Waals surface area contributed by atoms with Gasteiger partial charge in [-0.15, -0.1) is 0 Å². The van der Waals surface area contributed by atoms with Crippen LogP contribution in [-0.2, 0) is 0 Å². The average Bonchev–Trinajstić information content (AvgIpc) is 2.47. The predicted molar refractivity (Wildman–Crippen MR) is 81.5 cm³/mol. The lowest BCUT2D eigenvalue weighted by atomic mass is 10.1. The normalized spacial score (nSPS) is 11.9. The van der Waals surface area contributed by atoms with Crippen molar-refractivity contribution in [3.63, 3.8) is 0 Å². The summed E-state index contributed by atoms with van der Waals surface area (Å²) < 4.78 is 11.4. The maximum Gasteiger partial charge on any atom is 0.136 e. The molecule has 0 spiro atoms. The molecule has 0 amide bonds. The average molecular weight is 292 g/mol. The molecule has 0 aromatic heterocycles. The van der Waals surface area contributed by atoms with Crippen LogP contribution >= 0.6 is 11.6 Å². The van der Waals surface area contributed by atoms with Crippen LogP contribution in [0, 0.1) is 0 Å². The van der Waals surface area contributed by atoms with E-state index in [4.69, 9.17) is 26.8 Å². The first-order valence-electron chi connectivity index (χ1n) is 6.58. The minimum absolute atomic E-state index is 0.204. The molecule has 3 nitrogen and oxygen atoms in total. The molecular weight excluding hydrogens is 274 g/mol. The van der Waals surface area contributed by atoms with Gasteiger partial charge < -0.3 is 15.2 Å². The highest BCUT2D eigenvalue weighted by molar-refractivity contribution is 6.30. The lowest BCUT2D eigenvalue weighted by molar-refractivity contribution is 0.213. The summed E-state index contributed by atoms with van der Waals surface area (Å²) in [4.78, 5) is 0. The fourth-order valence-corrected chi connectivity index (χ4v) is 2.02. The van der Waals surface area contributed by atoms with Gasteiger partial charge in [-0.25, -0.2) is 0 Å². The minimum Gasteiger partial charge on any atom is -0.494 e. The molecule has 106 valence electrons. The highest BCUT2D eigenvalue weighted by Gasteiger charge is 2.11. The Morgan fingerprint density at radius 3 is 2.45 bits per heavy atom. The Morgan fingerprint density at radius 1 is 1.10 bits per heavy atom. The smallest absolute Gasteiger partial charge is 0.136 e. The van der Waals surface area contributed by atoms with Crippen molar-refractivity contribution in [1.82, 2.24) is 0 Å². The summed E-state index contributed by atoms with van der Waals surface area (Å²) in [6, 6.07) is 15.1. The molecule has 2 N–H and O–H groups in total. The number of rotatable bonds is 6. The monoisotopic (exact) mass is 291 g/mol. The van der Waals surface area contributed by atoms with Crippen LogP contribution in [0.15, 0.2) is 48.5 Å². The second kappa shape index (κ2) is 7.17. The van der Waals surface area contributed by atoms with Crippen LogP contribution in [0.25, 0.3) is 0 Å². The Bertz CT molecular complexity index is 542. The SMILES string of the molecule is CCOc1cccc(OC(CN)c2ccc(Cl)cc2)c1. The maximum absolute atomic E-state index is 5.93. The number of hydrogen-bond acceptors (Lipinski definition) is 3. The van der Waals surface area contributed by atoms with Gasteiger partial charge in [0.05, 0.1) is 6.61 Å². The van der Waals surface area contributed by atoms with E-state index in [9.17, 15) is 0 Å². The zero-order valence-electron chi connectivity index (χ0n) is 11.4. The van der Waals surface area contributed by atoms with E-state index in [1.165, 1.54) is 0 Å². The fraction of sp³-hybridized carbons (Fsp3) is 0.250. The second-order valence-corrected chi connectivity index (χ2v) is 4.74. The van der Waals surface area contributed by atoms with Gasteiger partial charge in [0.1, 0.15) is 17.6 Å². The van der Waals surface area contributed by atoms with Gasteiger partial charge in [0, 0.05) is 17.6 Å². The Labute approximate surface area is 124 Å². The predicted octanol–water partition coefficient (Wildman–Crippen LogP) is 3.82. The second-order valence-electron chi connectivity index (χ2n) is 4.30. The molecule has 2 aromatic rings. The summed E-state index contributed by atoms with van der Waals surface area (Å²) in [5, 5.41) is 0.697. The molecule has 0 radical (unpaired) electrons. The number of ether oxygens (including phenoxy) is 2. The molecule has 4 heteroatoms. The first-order chi connectivity index (χ1) is 9.72. The van der Waals surface area contributed by atoms with E-state index in [1.807, 2.05) is 55.5 Å². The molecule has 2 rings (SSSR count). The topological polar surface area (TPSA) is 44.5 Å². The van der Waals surface area contributed by atoms with Crippen molar-refractivity contribution in [2.45, 2.75) is 13.0 Å². The molecule has 0 fully saturated rings. The van der Waals surface area contributed by atoms with Crippen molar-refractivity contribution in [3.05, 3.63) is 59.1 Å². The zero-order valence-corrected chi connectivity index (χ0v) is 12.1. The lowest BCUT2D eigenvalue weighted by Gasteiger charge is -2.18. The van der Waals surface area contributed by atoms with Crippen LogP contribution in [-0.4, -0.2) is 13.2 Å². The van der Waals surface area contributed by atoms with Gasteiger partial charge in [-0.3, -0.25) is 0 Å². The largest absolute Gasteiger partial charge is 0.494 e. The molecule has 0 aliphatic heterocycles. The standard InChI is InChI=1S/C16H18ClNO2/c1-2-19-14-4-3-5-15(10-14)20-16(11-18)12-6-8-13(17)9-7-12/h3-10,16H,2,11,18H2,1H3. The molecule has 0 saturated carbocycles. The molecule has 1 unspecified atom stereocenters. The molecule has 0 bridgehead atoms. The van der Waals surface area contributed by atoms with Crippen molar-refractivity contribution in [2.75, 3.05) is 13.2 Å². The Morgan fingerprint density at radius 2 is 1.80 bits per heavy atom. The third-order valence-electron chi connectivity index (χ3n) is 2.85. The van der Waals surface area contributed by atoms with Crippen LogP contribution in [0.1, 0.15) is 18.6 Å². The van der Waals surface area contributed by atoms with Crippen molar-refractivity contribution in [1.29, 1.82) is 0 Å². The van der Waals surface area contributed by atoms with Crippen molar-refractivity contribution in [2.24, 2.45) is 5.73 Å². The van der Waals surface area contributed by atoms with Gasteiger partial charge in [-0.05, 0) is 36.8 Å². The number of nitrogens with two attached hydrogens (primary N) is 1. The Kier molecular flexibility index (Phi) is 5.27. The van der Waals surface area contributed by atoms with E-state index in [-0.39, 0.29) is 6.10 Å². The van der Waals surface area contributed by atoms with E-state index in [2.05, 4.69) is 0 Å². The Hall–Kier alpha value is -1.71. The Balaban J connectivity index is 2.13. The maximum atomic E-state index is 5.93. The van der Waals surface area contributed by atoms with Gasteiger partial charge >= 0.3 is 0 Å². The van der Waals surface area contributed by atoms with Crippen molar-refractivity contribution < 1.29 is 9.47 Å². The van der Waals surface area contributed by atoms with E-state index in [1.54, 1.807) is 0 Å². The van der Waals surface area contributed by atoms with Crippen molar-refractivity contribution >= 4 is 11.6 Å². The highest BCUT2D eigenvalue weighted by atomic mass is 35.5. The molecule has 20 heavy (non-hydrogen) atoms. The first-order valence-corrected chi connectivity index (χ1v) is 6.95. The van der Waals surface area contributed by atoms with Crippen LogP contribution in [0.2, 0.25) is 5.02 Å². The molecule has 1 atom stereocenters. The summed E-state index contributed by atoms with van der Waals surface area (Å²) in [5.74, 6) is 1.53. The van der Waals surface area contributed by atoms with Gasteiger partial charge in [0.25, 0.3) is 0 Å². The summed E-state index contributed by atoms with van der Waals surface area (Å²) in [5.41, 5.74) is 6.80.